The highest BCUT2D eigenvalue weighted by molar-refractivity contribution is 9.10. The lowest BCUT2D eigenvalue weighted by Crippen LogP contribution is -2.26. The highest BCUT2D eigenvalue weighted by Crippen LogP contribution is 2.21. The molecule has 0 aliphatic carbocycles. The van der Waals surface area contributed by atoms with Gasteiger partial charge in [-0.25, -0.2) is 4.98 Å². The monoisotopic (exact) mass is 475 g/mol. The Morgan fingerprint density at radius 2 is 1.93 bits per heavy atom. The van der Waals surface area contributed by atoms with Gasteiger partial charge in [-0.15, -0.1) is 0 Å². The molecular weight excluding hydrogens is 454 g/mol. The second kappa shape index (κ2) is 9.56. The molecule has 152 valence electrons. The molecule has 0 unspecified atom stereocenters. The molecule has 8 heteroatoms. The van der Waals surface area contributed by atoms with Gasteiger partial charge in [-0.05, 0) is 55.3 Å². The van der Waals surface area contributed by atoms with Gasteiger partial charge in [0, 0.05) is 17.3 Å². The maximum atomic E-state index is 13.0. The number of thioether (sulfide) groups is 1. The number of amides is 1. The molecular formula is C21H22BrN3O3S. The summed E-state index contributed by atoms with van der Waals surface area (Å²) in [5.74, 6) is -0.00232. The first-order chi connectivity index (χ1) is 13.9. The van der Waals surface area contributed by atoms with Gasteiger partial charge < -0.3 is 10.1 Å². The number of carbonyl (C=O) groups excluding carboxylic acids is 1. The van der Waals surface area contributed by atoms with Gasteiger partial charge in [-0.2, -0.15) is 0 Å². The number of aryl methyl sites for hydroxylation is 2. The summed E-state index contributed by atoms with van der Waals surface area (Å²) in [7, 11) is 1.58. The minimum atomic E-state index is -0.150. The zero-order valence-electron chi connectivity index (χ0n) is 16.5. The maximum absolute atomic E-state index is 13.0. The van der Waals surface area contributed by atoms with Crippen molar-refractivity contribution in [1.29, 1.82) is 0 Å². The molecule has 0 aliphatic rings. The Hall–Kier alpha value is -2.16. The van der Waals surface area contributed by atoms with E-state index in [2.05, 4.69) is 32.3 Å². The number of hydrogen-bond donors (Lipinski definition) is 1. The molecule has 1 amide bonds. The summed E-state index contributed by atoms with van der Waals surface area (Å²) in [5, 5.41) is 3.93. The van der Waals surface area contributed by atoms with Gasteiger partial charge in [0.2, 0.25) is 5.91 Å². The summed E-state index contributed by atoms with van der Waals surface area (Å²) in [6.45, 7) is 4.72. The van der Waals surface area contributed by atoms with Crippen LogP contribution < -0.4 is 10.9 Å². The molecule has 0 spiro atoms. The standard InChI is InChI=1S/C21H22BrN3O3S/c1-13-8-14(2)10-16(9-13)23-19(26)12-29-21-24-18-5-4-15(22)11-17(18)20(27)25(21)6-7-28-3/h4-5,8-11H,6-7,12H2,1-3H3,(H,23,26). The van der Waals surface area contributed by atoms with Gasteiger partial charge in [0.25, 0.3) is 5.56 Å². The SMILES string of the molecule is COCCn1c(SCC(=O)Nc2cc(C)cc(C)c2)nc2ccc(Br)cc2c1=O. The van der Waals surface area contributed by atoms with Gasteiger partial charge in [0.15, 0.2) is 5.16 Å². The second-order valence-electron chi connectivity index (χ2n) is 6.72. The van der Waals surface area contributed by atoms with E-state index in [1.165, 1.54) is 11.8 Å². The number of hydrogen-bond acceptors (Lipinski definition) is 5. The minimum Gasteiger partial charge on any atom is -0.383 e. The summed E-state index contributed by atoms with van der Waals surface area (Å²) in [6, 6.07) is 11.3. The van der Waals surface area contributed by atoms with Crippen molar-refractivity contribution < 1.29 is 9.53 Å². The van der Waals surface area contributed by atoms with E-state index >= 15 is 0 Å². The molecule has 1 N–H and O–H groups in total. The van der Waals surface area contributed by atoms with Crippen LogP contribution in [0.3, 0.4) is 0 Å². The van der Waals surface area contributed by atoms with E-state index in [-0.39, 0.29) is 17.2 Å². The van der Waals surface area contributed by atoms with Gasteiger partial charge in [0.05, 0.1) is 29.8 Å². The molecule has 1 heterocycles. The van der Waals surface area contributed by atoms with E-state index in [9.17, 15) is 9.59 Å². The molecule has 0 aliphatic heterocycles. The Balaban J connectivity index is 1.83. The molecule has 6 nitrogen and oxygen atoms in total. The van der Waals surface area contributed by atoms with E-state index in [4.69, 9.17) is 4.74 Å². The molecule has 2 aromatic carbocycles. The van der Waals surface area contributed by atoms with Crippen LogP contribution in [0.25, 0.3) is 10.9 Å². The van der Waals surface area contributed by atoms with Gasteiger partial charge in [-0.3, -0.25) is 14.2 Å². The molecule has 3 aromatic rings. The van der Waals surface area contributed by atoms with Crippen LogP contribution in [0.1, 0.15) is 11.1 Å². The Morgan fingerprint density at radius 1 is 1.21 bits per heavy atom. The first kappa shape index (κ1) is 21.5. The smallest absolute Gasteiger partial charge is 0.262 e. The van der Waals surface area contributed by atoms with Crippen LogP contribution in [0.2, 0.25) is 0 Å². The normalized spacial score (nSPS) is 11.0. The summed E-state index contributed by atoms with van der Waals surface area (Å²) in [6.07, 6.45) is 0. The van der Waals surface area contributed by atoms with Crippen molar-refractivity contribution in [3.63, 3.8) is 0 Å². The second-order valence-corrected chi connectivity index (χ2v) is 8.58. The number of anilines is 1. The number of carbonyl (C=O) groups is 1. The fourth-order valence-corrected chi connectivity index (χ4v) is 4.22. The van der Waals surface area contributed by atoms with Crippen LogP contribution >= 0.6 is 27.7 Å². The van der Waals surface area contributed by atoms with Crippen molar-refractivity contribution in [3.05, 3.63) is 62.4 Å². The first-order valence-corrected chi connectivity index (χ1v) is 10.8. The van der Waals surface area contributed by atoms with Gasteiger partial charge in [-0.1, -0.05) is 33.8 Å². The lowest BCUT2D eigenvalue weighted by atomic mass is 10.1. The summed E-state index contributed by atoms with van der Waals surface area (Å²) < 4.78 is 7.51. The van der Waals surface area contributed by atoms with E-state index in [1.807, 2.05) is 32.0 Å². The molecule has 0 fully saturated rings. The molecule has 29 heavy (non-hydrogen) atoms. The van der Waals surface area contributed by atoms with Crippen molar-refractivity contribution in [2.45, 2.75) is 25.5 Å². The number of halogens is 1. The molecule has 3 rings (SSSR count). The fraction of sp³-hybridized carbons (Fsp3) is 0.286. The number of ether oxygens (including phenoxy) is 1. The average Bonchev–Trinajstić information content (AvgIpc) is 2.65. The minimum absolute atomic E-state index is 0.147. The number of aromatic nitrogens is 2. The van der Waals surface area contributed by atoms with Crippen molar-refractivity contribution in [3.8, 4) is 0 Å². The highest BCUT2D eigenvalue weighted by Gasteiger charge is 2.14. The first-order valence-electron chi connectivity index (χ1n) is 9.07. The number of methoxy groups -OCH3 is 1. The maximum Gasteiger partial charge on any atom is 0.262 e. The zero-order valence-corrected chi connectivity index (χ0v) is 18.9. The Kier molecular flexibility index (Phi) is 7.10. The Bertz CT molecular complexity index is 1090. The van der Waals surface area contributed by atoms with E-state index < -0.39 is 0 Å². The number of rotatable bonds is 7. The van der Waals surface area contributed by atoms with Crippen molar-refractivity contribution in [2.75, 3.05) is 24.8 Å². The topological polar surface area (TPSA) is 73.2 Å². The lowest BCUT2D eigenvalue weighted by molar-refractivity contribution is -0.113. The summed E-state index contributed by atoms with van der Waals surface area (Å²) in [5.41, 5.74) is 3.39. The fourth-order valence-electron chi connectivity index (χ4n) is 3.04. The van der Waals surface area contributed by atoms with Crippen LogP contribution in [-0.2, 0) is 16.1 Å². The van der Waals surface area contributed by atoms with Crippen molar-refractivity contribution >= 4 is 50.2 Å². The number of nitrogens with zero attached hydrogens (tertiary/aromatic N) is 2. The van der Waals surface area contributed by atoms with E-state index in [1.54, 1.807) is 23.8 Å². The van der Waals surface area contributed by atoms with Crippen LogP contribution in [0.15, 0.2) is 50.8 Å². The summed E-state index contributed by atoms with van der Waals surface area (Å²) >= 11 is 4.63. The third-order valence-electron chi connectivity index (χ3n) is 4.24. The van der Waals surface area contributed by atoms with Crippen molar-refractivity contribution in [2.24, 2.45) is 0 Å². The van der Waals surface area contributed by atoms with Gasteiger partial charge >= 0.3 is 0 Å². The number of fused-ring (bicyclic) bond motifs is 1. The van der Waals surface area contributed by atoms with E-state index in [0.29, 0.717) is 29.2 Å². The number of benzene rings is 2. The third-order valence-corrected chi connectivity index (χ3v) is 5.71. The predicted octanol–water partition coefficient (Wildman–Crippen LogP) is 4.15. The predicted molar refractivity (Wildman–Crippen MR) is 121 cm³/mol. The largest absolute Gasteiger partial charge is 0.383 e. The van der Waals surface area contributed by atoms with E-state index in [0.717, 1.165) is 21.3 Å². The third kappa shape index (κ3) is 5.46. The Labute approximate surface area is 181 Å². The molecule has 0 bridgehead atoms. The average molecular weight is 476 g/mol. The molecule has 0 saturated heterocycles. The quantitative estimate of drug-likeness (QED) is 0.410. The van der Waals surface area contributed by atoms with Crippen LogP contribution in [0.4, 0.5) is 5.69 Å². The molecule has 0 saturated carbocycles. The van der Waals surface area contributed by atoms with Crippen LogP contribution in [0, 0.1) is 13.8 Å². The molecule has 0 radical (unpaired) electrons. The van der Waals surface area contributed by atoms with Crippen LogP contribution in [-0.4, -0.2) is 34.9 Å². The zero-order chi connectivity index (χ0) is 21.0. The molecule has 0 atom stereocenters. The Morgan fingerprint density at radius 3 is 2.62 bits per heavy atom. The van der Waals surface area contributed by atoms with Crippen LogP contribution in [0.5, 0.6) is 0 Å². The molecule has 1 aromatic heterocycles. The van der Waals surface area contributed by atoms with Gasteiger partial charge in [0.1, 0.15) is 0 Å². The van der Waals surface area contributed by atoms with Crippen molar-refractivity contribution in [1.82, 2.24) is 9.55 Å². The summed E-state index contributed by atoms with van der Waals surface area (Å²) in [4.78, 5) is 30.0. The number of nitrogens with one attached hydrogen (secondary N) is 1. The lowest BCUT2D eigenvalue weighted by Gasteiger charge is -2.13. The highest BCUT2D eigenvalue weighted by atomic mass is 79.9.